The zero-order valence-corrected chi connectivity index (χ0v) is 13.5. The second-order valence-corrected chi connectivity index (χ2v) is 6.42. The Balaban J connectivity index is 3.84. The molecule has 0 rings (SSSR count). The molecule has 116 valence electrons. The molecule has 0 heterocycles. The Hall–Kier alpha value is -0.875. The Bertz CT molecular complexity index is 307. The van der Waals surface area contributed by atoms with Crippen LogP contribution in [0.1, 0.15) is 47.0 Å². The van der Waals surface area contributed by atoms with E-state index in [9.17, 15) is 9.59 Å². The summed E-state index contributed by atoms with van der Waals surface area (Å²) >= 11 is 0. The van der Waals surface area contributed by atoms with Crippen molar-refractivity contribution in [2.45, 2.75) is 52.6 Å². The predicted octanol–water partition coefficient (Wildman–Crippen LogP) is 0.431. The van der Waals surface area contributed by atoms with E-state index in [2.05, 4.69) is 10.5 Å². The summed E-state index contributed by atoms with van der Waals surface area (Å²) in [6.45, 7) is 9.64. The molecule has 0 aromatic rings. The van der Waals surface area contributed by atoms with E-state index >= 15 is 0 Å². The van der Waals surface area contributed by atoms with Crippen LogP contribution in [-0.4, -0.2) is 45.5 Å². The van der Waals surface area contributed by atoms with Gasteiger partial charge in [-0.25, -0.2) is 0 Å². The van der Waals surface area contributed by atoms with Crippen LogP contribution in [0, 0.1) is 5.41 Å². The molecule has 0 atom stereocenters. The first-order valence-electron chi connectivity index (χ1n) is 7.24. The van der Waals surface area contributed by atoms with Crippen molar-refractivity contribution in [1.29, 1.82) is 0 Å². The highest BCUT2D eigenvalue weighted by molar-refractivity contribution is 6.04. The fourth-order valence-corrected chi connectivity index (χ4v) is 1.55. The van der Waals surface area contributed by atoms with Gasteiger partial charge in [0, 0.05) is 25.0 Å². The summed E-state index contributed by atoms with van der Waals surface area (Å²) in [5.41, 5.74) is -0.632. The van der Waals surface area contributed by atoms with Crippen LogP contribution in [0.15, 0.2) is 0 Å². The highest BCUT2D eigenvalue weighted by atomic mass is 16.5. The van der Waals surface area contributed by atoms with Gasteiger partial charge in [0.25, 0.3) is 0 Å². The number of carbonyl (C=O) groups excluding carboxylic acids is 2. The summed E-state index contributed by atoms with van der Waals surface area (Å²) < 4.78 is 5.81. The molecule has 0 spiro atoms. The molecule has 6 heteroatoms. The first-order valence-corrected chi connectivity index (χ1v) is 7.24. The second-order valence-electron chi connectivity index (χ2n) is 6.42. The van der Waals surface area contributed by atoms with Crippen molar-refractivity contribution >= 4 is 20.2 Å². The minimum absolute atomic E-state index is 0.0530. The number of ether oxygens (including phenoxy) is 1. The van der Waals surface area contributed by atoms with Crippen LogP contribution in [0.25, 0.3) is 0 Å². The SMILES string of the molecule is BNCCC(=O)NCCC(C)(C)OCCC(C)(C)C=O. The molecule has 0 unspecified atom stereocenters. The molecule has 5 nitrogen and oxygen atoms in total. The minimum atomic E-state index is -0.336. The van der Waals surface area contributed by atoms with Crippen molar-refractivity contribution in [2.24, 2.45) is 5.41 Å². The Morgan fingerprint density at radius 1 is 1.20 bits per heavy atom. The number of carbonyl (C=O) groups is 2. The number of hydrogen-bond acceptors (Lipinski definition) is 4. The predicted molar refractivity (Wildman–Crippen MR) is 83.3 cm³/mol. The van der Waals surface area contributed by atoms with Crippen LogP contribution in [0.2, 0.25) is 0 Å². The van der Waals surface area contributed by atoms with Crippen molar-refractivity contribution in [3.05, 3.63) is 0 Å². The average Bonchev–Trinajstić information content (AvgIpc) is 2.35. The molecule has 2 N–H and O–H groups in total. The average molecular weight is 284 g/mol. The topological polar surface area (TPSA) is 67.4 Å². The van der Waals surface area contributed by atoms with E-state index in [0.717, 1.165) is 12.7 Å². The van der Waals surface area contributed by atoms with Gasteiger partial charge in [-0.3, -0.25) is 4.79 Å². The molecular formula is C14H29BN2O3. The third-order valence-corrected chi connectivity index (χ3v) is 3.21. The fourth-order valence-electron chi connectivity index (χ4n) is 1.55. The lowest BCUT2D eigenvalue weighted by molar-refractivity contribution is -0.121. The summed E-state index contributed by atoms with van der Waals surface area (Å²) in [5, 5.41) is 5.82. The van der Waals surface area contributed by atoms with Crippen LogP contribution in [-0.2, 0) is 14.3 Å². The van der Waals surface area contributed by atoms with Gasteiger partial charge in [-0.1, -0.05) is 13.8 Å². The van der Waals surface area contributed by atoms with E-state index in [0.29, 0.717) is 32.5 Å². The van der Waals surface area contributed by atoms with Gasteiger partial charge < -0.3 is 20.1 Å². The molecule has 0 aliphatic carbocycles. The zero-order valence-electron chi connectivity index (χ0n) is 13.5. The molecule has 0 saturated heterocycles. The smallest absolute Gasteiger partial charge is 0.221 e. The van der Waals surface area contributed by atoms with Crippen molar-refractivity contribution in [3.63, 3.8) is 0 Å². The summed E-state index contributed by atoms with van der Waals surface area (Å²) in [4.78, 5) is 22.2. The number of nitrogens with one attached hydrogen (secondary N) is 2. The van der Waals surface area contributed by atoms with Crippen molar-refractivity contribution in [2.75, 3.05) is 19.7 Å². The fraction of sp³-hybridized carbons (Fsp3) is 0.857. The van der Waals surface area contributed by atoms with E-state index in [1.807, 2.05) is 35.7 Å². The van der Waals surface area contributed by atoms with Crippen LogP contribution in [0.5, 0.6) is 0 Å². The number of amides is 1. The molecular weight excluding hydrogens is 255 g/mol. The number of rotatable bonds is 11. The molecule has 0 aromatic heterocycles. The lowest BCUT2D eigenvalue weighted by Crippen LogP contribution is -2.34. The van der Waals surface area contributed by atoms with E-state index < -0.39 is 0 Å². The Kier molecular flexibility index (Phi) is 8.73. The third-order valence-electron chi connectivity index (χ3n) is 3.21. The van der Waals surface area contributed by atoms with E-state index in [-0.39, 0.29) is 16.9 Å². The molecule has 0 aromatic carbocycles. The van der Waals surface area contributed by atoms with Crippen LogP contribution in [0.3, 0.4) is 0 Å². The molecule has 0 radical (unpaired) electrons. The maximum Gasteiger partial charge on any atom is 0.221 e. The molecule has 0 aliphatic rings. The Morgan fingerprint density at radius 2 is 1.85 bits per heavy atom. The minimum Gasteiger partial charge on any atom is -0.375 e. The molecule has 1 amide bonds. The van der Waals surface area contributed by atoms with Gasteiger partial charge >= 0.3 is 0 Å². The summed E-state index contributed by atoms with van der Waals surface area (Å²) in [6.07, 6.45) is 2.91. The van der Waals surface area contributed by atoms with E-state index in [1.54, 1.807) is 0 Å². The van der Waals surface area contributed by atoms with Crippen molar-refractivity contribution in [1.82, 2.24) is 10.5 Å². The van der Waals surface area contributed by atoms with Gasteiger partial charge in [0.15, 0.2) is 7.98 Å². The highest BCUT2D eigenvalue weighted by Gasteiger charge is 2.21. The molecule has 0 fully saturated rings. The molecule has 0 aliphatic heterocycles. The largest absolute Gasteiger partial charge is 0.375 e. The lowest BCUT2D eigenvalue weighted by Gasteiger charge is -2.27. The summed E-state index contributed by atoms with van der Waals surface area (Å²) in [7, 11) is 1.82. The zero-order chi connectivity index (χ0) is 15.6. The standard InChI is InChI=1S/C14H29BN2O3/c1-13(2,11-18)7-10-20-14(3,4)6-9-16-12(19)5-8-17-15/h11,17H,5-10,15H2,1-4H3,(H,16,19). The van der Waals surface area contributed by atoms with Gasteiger partial charge in [-0.15, -0.1) is 0 Å². The Morgan fingerprint density at radius 3 is 2.40 bits per heavy atom. The lowest BCUT2D eigenvalue weighted by atomic mass is 9.92. The van der Waals surface area contributed by atoms with Gasteiger partial charge in [-0.2, -0.15) is 0 Å². The van der Waals surface area contributed by atoms with Crippen LogP contribution < -0.4 is 10.5 Å². The van der Waals surface area contributed by atoms with E-state index in [1.165, 1.54) is 0 Å². The van der Waals surface area contributed by atoms with Gasteiger partial charge in [0.1, 0.15) is 6.29 Å². The Labute approximate surface area is 123 Å². The number of hydrogen-bond donors (Lipinski definition) is 2. The molecule has 0 saturated carbocycles. The van der Waals surface area contributed by atoms with Crippen molar-refractivity contribution in [3.8, 4) is 0 Å². The normalized spacial score (nSPS) is 12.2. The maximum absolute atomic E-state index is 11.4. The summed E-state index contributed by atoms with van der Waals surface area (Å²) in [5.74, 6) is 0.0530. The van der Waals surface area contributed by atoms with Gasteiger partial charge in [-0.05, 0) is 33.2 Å². The van der Waals surface area contributed by atoms with Crippen LogP contribution in [0.4, 0.5) is 0 Å². The monoisotopic (exact) mass is 284 g/mol. The maximum atomic E-state index is 11.4. The first kappa shape index (κ1) is 19.1. The molecule has 20 heavy (non-hydrogen) atoms. The van der Waals surface area contributed by atoms with Crippen molar-refractivity contribution < 1.29 is 14.3 Å². The van der Waals surface area contributed by atoms with E-state index in [4.69, 9.17) is 4.74 Å². The number of aldehydes is 1. The highest BCUT2D eigenvalue weighted by Crippen LogP contribution is 2.20. The third kappa shape index (κ3) is 9.98. The molecule has 0 bridgehead atoms. The second kappa shape index (κ2) is 9.13. The van der Waals surface area contributed by atoms with Crippen LogP contribution >= 0.6 is 0 Å². The van der Waals surface area contributed by atoms with Gasteiger partial charge in [0.2, 0.25) is 5.91 Å². The quantitative estimate of drug-likeness (QED) is 0.426. The first-order chi connectivity index (χ1) is 9.22. The van der Waals surface area contributed by atoms with Gasteiger partial charge in [0.05, 0.1) is 5.60 Å². The summed E-state index contributed by atoms with van der Waals surface area (Å²) in [6, 6.07) is 0.